The first-order chi connectivity index (χ1) is 5.68. The van der Waals surface area contributed by atoms with Crippen LogP contribution in [-0.2, 0) is 0 Å². The van der Waals surface area contributed by atoms with E-state index < -0.39 is 0 Å². The van der Waals surface area contributed by atoms with Gasteiger partial charge >= 0.3 is 90.7 Å². The molecule has 0 bridgehead atoms. The average molecular weight is 300 g/mol. The van der Waals surface area contributed by atoms with Crippen molar-refractivity contribution in [3.05, 3.63) is 0 Å². The molecule has 0 radical (unpaired) electrons. The van der Waals surface area contributed by atoms with Gasteiger partial charge in [-0.15, -0.1) is 0 Å². The van der Waals surface area contributed by atoms with Gasteiger partial charge in [0.15, 0.2) is 0 Å². The normalized spacial score (nSPS) is 12.0. The van der Waals surface area contributed by atoms with E-state index in [2.05, 4.69) is 25.5 Å². The molecule has 0 saturated carbocycles. The Morgan fingerprint density at radius 1 is 1.00 bits per heavy atom. The zero-order chi connectivity index (χ0) is 9.45. The van der Waals surface area contributed by atoms with Crippen LogP contribution in [0.4, 0.5) is 0 Å². The fourth-order valence-electron chi connectivity index (χ4n) is 1.16. The summed E-state index contributed by atoms with van der Waals surface area (Å²) in [5.41, 5.74) is 0. The van der Waals surface area contributed by atoms with Crippen molar-refractivity contribution >= 4 is 29.9 Å². The Morgan fingerprint density at radius 3 is 2.00 bits per heavy atom. The van der Waals surface area contributed by atoms with Crippen molar-refractivity contribution in [1.29, 1.82) is 0 Å². The van der Waals surface area contributed by atoms with Crippen LogP contribution < -0.4 is 0 Å². The van der Waals surface area contributed by atoms with E-state index in [9.17, 15) is 0 Å². The van der Waals surface area contributed by atoms with Gasteiger partial charge in [0, 0.05) is 0 Å². The maximum absolute atomic E-state index is 2.49. The molecule has 12 heavy (non-hydrogen) atoms. The molecule has 0 fully saturated rings. The van der Waals surface area contributed by atoms with Gasteiger partial charge in [0.2, 0.25) is 0 Å². The molecule has 0 aromatic carbocycles. The molecule has 0 atom stereocenters. The van der Waals surface area contributed by atoms with Crippen molar-refractivity contribution in [2.45, 2.75) is 60.8 Å². The standard InChI is InChI=1S/C10H22Se2/c1-5-6-7-8-9-10(2,11-3)12-4/h5-9H2,1-4H3. The van der Waals surface area contributed by atoms with Crippen LogP contribution in [0.5, 0.6) is 0 Å². The Bertz CT molecular complexity index is 98.0. The Kier molecular flexibility index (Phi) is 8.09. The summed E-state index contributed by atoms with van der Waals surface area (Å²) in [6.45, 7) is 4.77. The van der Waals surface area contributed by atoms with E-state index in [0.29, 0.717) is 0 Å². The van der Waals surface area contributed by atoms with Crippen LogP contribution in [0.1, 0.15) is 46.0 Å². The molecule has 0 aliphatic heterocycles. The van der Waals surface area contributed by atoms with Crippen LogP contribution in [0.25, 0.3) is 0 Å². The number of rotatable bonds is 7. The van der Waals surface area contributed by atoms with Gasteiger partial charge in [-0.25, -0.2) is 0 Å². The Hall–Kier alpha value is 1.04. The monoisotopic (exact) mass is 302 g/mol. The fraction of sp³-hybridized carbons (Fsp3) is 1.00. The van der Waals surface area contributed by atoms with Crippen LogP contribution in [0.2, 0.25) is 14.9 Å². The van der Waals surface area contributed by atoms with Gasteiger partial charge in [-0.2, -0.15) is 0 Å². The van der Waals surface area contributed by atoms with E-state index in [1.165, 1.54) is 32.1 Å². The third-order valence-corrected chi connectivity index (χ3v) is 10.5. The van der Waals surface area contributed by atoms with E-state index in [0.717, 1.165) is 33.1 Å². The third-order valence-electron chi connectivity index (χ3n) is 2.35. The number of hydrogen-bond acceptors (Lipinski definition) is 0. The molecule has 0 N–H and O–H groups in total. The molecule has 0 spiro atoms. The van der Waals surface area contributed by atoms with Crippen molar-refractivity contribution < 1.29 is 0 Å². The summed E-state index contributed by atoms with van der Waals surface area (Å²) in [6, 6.07) is 0. The quantitative estimate of drug-likeness (QED) is 0.498. The second-order valence-corrected chi connectivity index (χ2v) is 10.2. The molecular formula is C10H22Se2. The van der Waals surface area contributed by atoms with Crippen LogP contribution >= 0.6 is 0 Å². The molecular weight excluding hydrogens is 278 g/mol. The van der Waals surface area contributed by atoms with E-state index >= 15 is 0 Å². The summed E-state index contributed by atoms with van der Waals surface area (Å²) in [6.07, 6.45) is 7.21. The molecule has 0 amide bonds. The summed E-state index contributed by atoms with van der Waals surface area (Å²) in [4.78, 5) is 0. The molecule has 0 aromatic heterocycles. The first-order valence-corrected chi connectivity index (χ1v) is 9.92. The van der Waals surface area contributed by atoms with Crippen LogP contribution in [0.3, 0.4) is 0 Å². The van der Waals surface area contributed by atoms with Gasteiger partial charge in [-0.1, -0.05) is 0 Å². The zero-order valence-corrected chi connectivity index (χ0v) is 12.3. The van der Waals surface area contributed by atoms with Crippen molar-refractivity contribution in [1.82, 2.24) is 0 Å². The summed E-state index contributed by atoms with van der Waals surface area (Å²) in [7, 11) is 0. The van der Waals surface area contributed by atoms with E-state index in [-0.39, 0.29) is 0 Å². The predicted octanol–water partition coefficient (Wildman–Crippen LogP) is 3.60. The molecule has 0 rings (SSSR count). The number of unbranched alkanes of at least 4 members (excludes halogenated alkanes) is 3. The topological polar surface area (TPSA) is 0 Å². The minimum absolute atomic E-state index is 0.758. The molecule has 0 heterocycles. The first kappa shape index (κ1) is 13.0. The van der Waals surface area contributed by atoms with Gasteiger partial charge in [0.05, 0.1) is 0 Å². The fourth-order valence-corrected chi connectivity index (χ4v) is 4.79. The zero-order valence-electron chi connectivity index (χ0n) is 8.85. The Morgan fingerprint density at radius 2 is 1.58 bits per heavy atom. The van der Waals surface area contributed by atoms with Gasteiger partial charge in [0.1, 0.15) is 0 Å². The summed E-state index contributed by atoms with van der Waals surface area (Å²) < 4.78 is 0.758. The SMILES string of the molecule is CCCCCCC(C)([Se]C)[Se]C. The molecule has 0 aromatic rings. The maximum atomic E-state index is 2.49. The Balaban J connectivity index is 3.45. The summed E-state index contributed by atoms with van der Waals surface area (Å²) in [5.74, 6) is 4.80. The number of hydrogen-bond donors (Lipinski definition) is 0. The van der Waals surface area contributed by atoms with Crippen molar-refractivity contribution in [3.8, 4) is 0 Å². The minimum atomic E-state index is 0.758. The average Bonchev–Trinajstić information content (AvgIpc) is 2.12. The van der Waals surface area contributed by atoms with Crippen LogP contribution in [0.15, 0.2) is 0 Å². The van der Waals surface area contributed by atoms with Crippen molar-refractivity contribution in [2.24, 2.45) is 0 Å². The molecule has 0 nitrogen and oxygen atoms in total. The van der Waals surface area contributed by atoms with Crippen molar-refractivity contribution in [3.63, 3.8) is 0 Å². The van der Waals surface area contributed by atoms with Gasteiger partial charge in [0.25, 0.3) is 0 Å². The van der Waals surface area contributed by atoms with Gasteiger partial charge < -0.3 is 0 Å². The third kappa shape index (κ3) is 5.64. The molecule has 2 heteroatoms. The molecule has 0 aliphatic rings. The predicted molar refractivity (Wildman–Crippen MR) is 60.4 cm³/mol. The summed E-state index contributed by atoms with van der Waals surface area (Å²) in [5, 5.41) is 0. The summed E-state index contributed by atoms with van der Waals surface area (Å²) >= 11 is 1.71. The van der Waals surface area contributed by atoms with Crippen LogP contribution in [-0.4, -0.2) is 29.9 Å². The van der Waals surface area contributed by atoms with Gasteiger partial charge in [-0.3, -0.25) is 0 Å². The van der Waals surface area contributed by atoms with Crippen LogP contribution in [0, 0.1) is 0 Å². The Labute approximate surface area is 90.6 Å². The van der Waals surface area contributed by atoms with Crippen molar-refractivity contribution in [2.75, 3.05) is 0 Å². The van der Waals surface area contributed by atoms with E-state index in [4.69, 9.17) is 0 Å². The molecule has 0 unspecified atom stereocenters. The second-order valence-electron chi connectivity index (χ2n) is 3.35. The van der Waals surface area contributed by atoms with E-state index in [1.54, 1.807) is 0 Å². The first-order valence-electron chi connectivity index (χ1n) is 4.79. The van der Waals surface area contributed by atoms with Gasteiger partial charge in [-0.05, 0) is 0 Å². The molecule has 0 saturated heterocycles. The van der Waals surface area contributed by atoms with E-state index in [1.807, 2.05) is 0 Å². The second kappa shape index (κ2) is 7.44. The molecule has 0 aliphatic carbocycles. The molecule has 74 valence electrons.